The van der Waals surface area contributed by atoms with Crippen LogP contribution in [0.5, 0.6) is 0 Å². The second-order valence-electron chi connectivity index (χ2n) is 6.48. The molecule has 3 heteroatoms. The topological polar surface area (TPSA) is 29.1 Å². The molecule has 0 aliphatic heterocycles. The minimum Gasteiger partial charge on any atom is -0.359 e. The van der Waals surface area contributed by atoms with E-state index in [1.54, 1.807) is 0 Å². The van der Waals surface area contributed by atoms with Crippen molar-refractivity contribution >= 4 is 23.4 Å². The maximum atomic E-state index is 14.3. The van der Waals surface area contributed by atoms with Gasteiger partial charge < -0.3 is 9.88 Å². The van der Waals surface area contributed by atoms with Gasteiger partial charge in [0.15, 0.2) is 7.14 Å². The molecular formula is C23H24NOP. The number of rotatable bonds is 5. The molecule has 0 aromatic heterocycles. The van der Waals surface area contributed by atoms with Crippen LogP contribution in [0.25, 0.3) is 0 Å². The van der Waals surface area contributed by atoms with Crippen LogP contribution in [-0.4, -0.2) is 0 Å². The lowest BCUT2D eigenvalue weighted by atomic mass is 10.2. The second kappa shape index (κ2) is 7.76. The fraction of sp³-hybridized carbons (Fsp3) is 0.130. The van der Waals surface area contributed by atoms with E-state index >= 15 is 0 Å². The highest BCUT2D eigenvalue weighted by Crippen LogP contribution is 2.52. The lowest BCUT2D eigenvalue weighted by molar-refractivity contribution is 0.590. The van der Waals surface area contributed by atoms with Gasteiger partial charge >= 0.3 is 0 Å². The van der Waals surface area contributed by atoms with Gasteiger partial charge in [-0.05, 0) is 32.9 Å². The minimum absolute atomic E-state index is 0.855. The Morgan fingerprint density at radius 3 is 1.65 bits per heavy atom. The quantitative estimate of drug-likeness (QED) is 0.593. The molecule has 0 amide bonds. The van der Waals surface area contributed by atoms with Crippen LogP contribution in [0.15, 0.2) is 95.9 Å². The fourth-order valence-electron chi connectivity index (χ4n) is 2.99. The molecule has 0 bridgehead atoms. The first-order chi connectivity index (χ1) is 12.5. The number of anilines is 1. The highest BCUT2D eigenvalue weighted by molar-refractivity contribution is 7.82. The number of allylic oxidation sites excluding steroid dienone is 2. The molecule has 1 N–H and O–H groups in total. The van der Waals surface area contributed by atoms with E-state index in [-0.39, 0.29) is 0 Å². The minimum atomic E-state index is -2.90. The van der Waals surface area contributed by atoms with Crippen molar-refractivity contribution in [3.8, 4) is 0 Å². The van der Waals surface area contributed by atoms with E-state index in [1.165, 1.54) is 5.56 Å². The van der Waals surface area contributed by atoms with Gasteiger partial charge in [-0.25, -0.2) is 0 Å². The lowest BCUT2D eigenvalue weighted by Gasteiger charge is -2.23. The zero-order valence-corrected chi connectivity index (χ0v) is 16.3. The second-order valence-corrected chi connectivity index (χ2v) is 9.40. The van der Waals surface area contributed by atoms with Gasteiger partial charge in [0, 0.05) is 27.3 Å². The largest absolute Gasteiger partial charge is 0.359 e. The summed E-state index contributed by atoms with van der Waals surface area (Å²) in [5, 5.41) is 6.00. The SMILES string of the molecule is C/C(Nc1ccc(C)cc1)=C(\C)P(=O)(c1ccccc1)c1ccccc1. The smallest absolute Gasteiger partial charge is 0.168 e. The first-order valence-corrected chi connectivity index (χ1v) is 10.5. The Balaban J connectivity index is 2.09. The monoisotopic (exact) mass is 361 g/mol. The molecule has 0 unspecified atom stereocenters. The Morgan fingerprint density at radius 2 is 1.19 bits per heavy atom. The molecule has 2 nitrogen and oxygen atoms in total. The predicted octanol–water partition coefficient (Wildman–Crippen LogP) is 5.67. The molecule has 0 radical (unpaired) electrons. The summed E-state index contributed by atoms with van der Waals surface area (Å²) in [7, 11) is -2.90. The van der Waals surface area contributed by atoms with Crippen molar-refractivity contribution in [1.82, 2.24) is 0 Å². The van der Waals surface area contributed by atoms with Crippen LogP contribution in [-0.2, 0) is 4.57 Å². The van der Waals surface area contributed by atoms with Gasteiger partial charge in [0.05, 0.1) is 0 Å². The molecule has 0 saturated heterocycles. The van der Waals surface area contributed by atoms with Gasteiger partial charge in [0.25, 0.3) is 0 Å². The Hall–Kier alpha value is -2.57. The Morgan fingerprint density at radius 1 is 0.731 bits per heavy atom. The molecule has 0 aliphatic carbocycles. The summed E-state index contributed by atoms with van der Waals surface area (Å²) < 4.78 is 14.3. The maximum absolute atomic E-state index is 14.3. The number of hydrogen-bond donors (Lipinski definition) is 1. The summed E-state index contributed by atoms with van der Waals surface area (Å²) in [5.74, 6) is 0. The summed E-state index contributed by atoms with van der Waals surface area (Å²) in [4.78, 5) is 0. The van der Waals surface area contributed by atoms with Crippen molar-refractivity contribution in [3.63, 3.8) is 0 Å². The van der Waals surface area contributed by atoms with Crippen LogP contribution in [0.1, 0.15) is 19.4 Å². The van der Waals surface area contributed by atoms with Gasteiger partial charge in [-0.2, -0.15) is 0 Å². The third-order valence-electron chi connectivity index (χ3n) is 4.64. The van der Waals surface area contributed by atoms with E-state index in [2.05, 4.69) is 24.4 Å². The Labute approximate surface area is 156 Å². The van der Waals surface area contributed by atoms with Gasteiger partial charge in [-0.1, -0.05) is 78.4 Å². The summed E-state index contributed by atoms with van der Waals surface area (Å²) in [6, 6.07) is 27.7. The van der Waals surface area contributed by atoms with E-state index in [0.717, 1.165) is 27.3 Å². The van der Waals surface area contributed by atoms with E-state index in [4.69, 9.17) is 0 Å². The lowest BCUT2D eigenvalue weighted by Crippen LogP contribution is -2.18. The molecule has 0 saturated carbocycles. The standard InChI is InChI=1S/C23H24NOP/c1-18-14-16-21(17-15-18)24-19(2)20(3)26(25,22-10-6-4-7-11-22)23-12-8-5-9-13-23/h4-17,24H,1-3H3/b20-19-. The van der Waals surface area contributed by atoms with Crippen LogP contribution in [0.3, 0.4) is 0 Å². The van der Waals surface area contributed by atoms with Crippen LogP contribution in [0, 0.1) is 6.92 Å². The fourth-order valence-corrected chi connectivity index (χ4v) is 5.78. The maximum Gasteiger partial charge on any atom is 0.168 e. The van der Waals surface area contributed by atoms with Crippen molar-refractivity contribution in [3.05, 3.63) is 102 Å². The molecule has 26 heavy (non-hydrogen) atoms. The van der Waals surface area contributed by atoms with Crippen molar-refractivity contribution in [1.29, 1.82) is 0 Å². The molecule has 0 aliphatic rings. The number of aryl methyl sites for hydroxylation is 1. The highest BCUT2D eigenvalue weighted by atomic mass is 31.2. The molecular weight excluding hydrogens is 337 g/mol. The van der Waals surface area contributed by atoms with Crippen LogP contribution >= 0.6 is 7.14 Å². The normalized spacial score (nSPS) is 12.4. The van der Waals surface area contributed by atoms with Crippen molar-refractivity contribution < 1.29 is 4.57 Å². The first-order valence-electron chi connectivity index (χ1n) is 8.75. The third kappa shape index (κ3) is 3.66. The molecule has 0 atom stereocenters. The Bertz CT molecular complexity index is 901. The summed E-state index contributed by atoms with van der Waals surface area (Å²) >= 11 is 0. The molecule has 132 valence electrons. The van der Waals surface area contributed by atoms with Crippen molar-refractivity contribution in [2.24, 2.45) is 0 Å². The van der Waals surface area contributed by atoms with Gasteiger partial charge in [-0.3, -0.25) is 0 Å². The number of nitrogens with one attached hydrogen (secondary N) is 1. The van der Waals surface area contributed by atoms with Gasteiger partial charge in [-0.15, -0.1) is 0 Å². The van der Waals surface area contributed by atoms with E-state index in [0.29, 0.717) is 0 Å². The summed E-state index contributed by atoms with van der Waals surface area (Å²) in [6.45, 7) is 6.03. The summed E-state index contributed by atoms with van der Waals surface area (Å²) in [5.41, 5.74) is 3.14. The molecule has 3 aromatic rings. The van der Waals surface area contributed by atoms with E-state index in [1.807, 2.05) is 86.6 Å². The Kier molecular flexibility index (Phi) is 5.44. The number of benzene rings is 3. The van der Waals surface area contributed by atoms with Crippen LogP contribution < -0.4 is 15.9 Å². The molecule has 0 heterocycles. The molecule has 3 aromatic carbocycles. The average Bonchev–Trinajstić information content (AvgIpc) is 2.70. The van der Waals surface area contributed by atoms with E-state index < -0.39 is 7.14 Å². The van der Waals surface area contributed by atoms with Gasteiger partial charge in [0.2, 0.25) is 0 Å². The number of hydrogen-bond acceptors (Lipinski definition) is 2. The van der Waals surface area contributed by atoms with E-state index in [9.17, 15) is 4.57 Å². The highest BCUT2D eigenvalue weighted by Gasteiger charge is 2.30. The predicted molar refractivity (Wildman–Crippen MR) is 113 cm³/mol. The molecule has 0 fully saturated rings. The molecule has 0 spiro atoms. The molecule has 3 rings (SSSR count). The van der Waals surface area contributed by atoms with Gasteiger partial charge in [0.1, 0.15) is 0 Å². The van der Waals surface area contributed by atoms with Crippen LogP contribution in [0.2, 0.25) is 0 Å². The first kappa shape index (κ1) is 18.2. The summed E-state index contributed by atoms with van der Waals surface area (Å²) in [6.07, 6.45) is 0. The average molecular weight is 361 g/mol. The van der Waals surface area contributed by atoms with Crippen molar-refractivity contribution in [2.75, 3.05) is 5.32 Å². The zero-order chi connectivity index (χ0) is 18.6. The van der Waals surface area contributed by atoms with Crippen molar-refractivity contribution in [2.45, 2.75) is 20.8 Å². The van der Waals surface area contributed by atoms with Crippen LogP contribution in [0.4, 0.5) is 5.69 Å². The zero-order valence-electron chi connectivity index (χ0n) is 15.4. The third-order valence-corrected chi connectivity index (χ3v) is 7.97.